The van der Waals surface area contributed by atoms with Gasteiger partial charge in [-0.05, 0) is 38.1 Å². The quantitative estimate of drug-likeness (QED) is 0.478. The van der Waals surface area contributed by atoms with E-state index in [0.717, 1.165) is 21.9 Å². The third-order valence-corrected chi connectivity index (χ3v) is 7.27. The van der Waals surface area contributed by atoms with Gasteiger partial charge in [-0.1, -0.05) is 41.0 Å². The molecule has 0 unspecified atom stereocenters. The van der Waals surface area contributed by atoms with E-state index < -0.39 is 0 Å². The molecule has 0 spiro atoms. The van der Waals surface area contributed by atoms with Crippen LogP contribution in [0.4, 0.5) is 5.69 Å². The molecule has 1 aliphatic rings. The summed E-state index contributed by atoms with van der Waals surface area (Å²) >= 11 is 7.74. The van der Waals surface area contributed by atoms with Crippen LogP contribution in [0.2, 0.25) is 5.02 Å². The van der Waals surface area contributed by atoms with Gasteiger partial charge in [-0.3, -0.25) is 14.5 Å². The lowest BCUT2D eigenvalue weighted by molar-refractivity contribution is -0.117. The summed E-state index contributed by atoms with van der Waals surface area (Å²) in [6.45, 7) is 6.50. The number of para-hydroxylation sites is 1. The standard InChI is InChI=1S/C25H27ClN4O3S/c1-17-20(18(2)33-28-17)16-34-23-10-6-3-7-19(23)25(32)30-13-11-29(12-14-30)15-24(31)27-22-9-5-4-8-21(22)26/h3-10H,11-16H2,1-2H3,(H,27,31). The van der Waals surface area contributed by atoms with E-state index in [4.69, 9.17) is 16.1 Å². The van der Waals surface area contributed by atoms with Crippen molar-refractivity contribution in [2.75, 3.05) is 38.0 Å². The number of hydrogen-bond acceptors (Lipinski definition) is 6. The Kier molecular flexibility index (Phi) is 7.92. The van der Waals surface area contributed by atoms with Gasteiger partial charge >= 0.3 is 0 Å². The highest BCUT2D eigenvalue weighted by atomic mass is 35.5. The van der Waals surface area contributed by atoms with Gasteiger partial charge in [0.2, 0.25) is 5.91 Å². The number of aromatic nitrogens is 1. The molecule has 0 atom stereocenters. The Labute approximate surface area is 208 Å². The normalized spacial score (nSPS) is 14.3. The number of nitrogens with zero attached hydrogens (tertiary/aromatic N) is 3. The van der Waals surface area contributed by atoms with Gasteiger partial charge < -0.3 is 14.7 Å². The predicted molar refractivity (Wildman–Crippen MR) is 134 cm³/mol. The molecule has 1 N–H and O–H groups in total. The third kappa shape index (κ3) is 5.81. The van der Waals surface area contributed by atoms with Crippen LogP contribution in [-0.4, -0.2) is 59.5 Å². The van der Waals surface area contributed by atoms with E-state index in [2.05, 4.69) is 10.5 Å². The van der Waals surface area contributed by atoms with E-state index in [-0.39, 0.29) is 18.4 Å². The monoisotopic (exact) mass is 498 g/mol. The van der Waals surface area contributed by atoms with Crippen LogP contribution in [0.25, 0.3) is 0 Å². The Morgan fingerprint density at radius 2 is 1.76 bits per heavy atom. The van der Waals surface area contributed by atoms with Gasteiger partial charge in [0, 0.05) is 42.4 Å². The van der Waals surface area contributed by atoms with Crippen molar-refractivity contribution >= 4 is 40.9 Å². The molecule has 1 aromatic heterocycles. The van der Waals surface area contributed by atoms with Crippen molar-refractivity contribution in [1.29, 1.82) is 0 Å². The summed E-state index contributed by atoms with van der Waals surface area (Å²) in [5.74, 6) is 1.40. The molecule has 1 fully saturated rings. The molecule has 0 bridgehead atoms. The summed E-state index contributed by atoms with van der Waals surface area (Å²) in [7, 11) is 0. The van der Waals surface area contributed by atoms with Gasteiger partial charge in [0.15, 0.2) is 0 Å². The summed E-state index contributed by atoms with van der Waals surface area (Å²) in [6.07, 6.45) is 0. The van der Waals surface area contributed by atoms with Crippen LogP contribution in [0.15, 0.2) is 57.9 Å². The fourth-order valence-electron chi connectivity index (χ4n) is 3.86. The van der Waals surface area contributed by atoms with Gasteiger partial charge in [0.25, 0.3) is 5.91 Å². The minimum absolute atomic E-state index is 0.0158. The van der Waals surface area contributed by atoms with Crippen LogP contribution in [0.1, 0.15) is 27.4 Å². The Balaban J connectivity index is 1.32. The summed E-state index contributed by atoms with van der Waals surface area (Å²) < 4.78 is 5.25. The third-order valence-electron chi connectivity index (χ3n) is 5.85. The SMILES string of the molecule is Cc1noc(C)c1CSc1ccccc1C(=O)N1CCN(CC(=O)Nc2ccccc2Cl)CC1. The maximum absolute atomic E-state index is 13.3. The number of benzene rings is 2. The Morgan fingerprint density at radius 1 is 1.06 bits per heavy atom. The number of hydrogen-bond donors (Lipinski definition) is 1. The Morgan fingerprint density at radius 3 is 2.47 bits per heavy atom. The molecule has 1 saturated heterocycles. The van der Waals surface area contributed by atoms with E-state index in [1.807, 2.05) is 60.0 Å². The number of rotatable bonds is 7. The molecule has 0 saturated carbocycles. The van der Waals surface area contributed by atoms with Crippen molar-refractivity contribution in [2.24, 2.45) is 0 Å². The number of aryl methyl sites for hydroxylation is 2. The van der Waals surface area contributed by atoms with Crippen LogP contribution in [0, 0.1) is 13.8 Å². The van der Waals surface area contributed by atoms with Crippen molar-refractivity contribution in [3.63, 3.8) is 0 Å². The number of carbonyl (C=O) groups excluding carboxylic acids is 2. The van der Waals surface area contributed by atoms with E-state index in [1.54, 1.807) is 23.9 Å². The van der Waals surface area contributed by atoms with E-state index in [1.165, 1.54) is 0 Å². The number of amides is 2. The van der Waals surface area contributed by atoms with Crippen LogP contribution < -0.4 is 5.32 Å². The molecule has 2 aromatic carbocycles. The summed E-state index contributed by atoms with van der Waals surface area (Å²) in [6, 6.07) is 14.9. The fourth-order valence-corrected chi connectivity index (χ4v) is 5.24. The van der Waals surface area contributed by atoms with E-state index in [9.17, 15) is 9.59 Å². The first-order chi connectivity index (χ1) is 16.4. The minimum Gasteiger partial charge on any atom is -0.361 e. The van der Waals surface area contributed by atoms with Gasteiger partial charge in [-0.25, -0.2) is 0 Å². The highest BCUT2D eigenvalue weighted by molar-refractivity contribution is 7.98. The van der Waals surface area contributed by atoms with Crippen molar-refractivity contribution in [3.8, 4) is 0 Å². The fraction of sp³-hybridized carbons (Fsp3) is 0.320. The second-order valence-electron chi connectivity index (χ2n) is 8.18. The molecule has 3 aromatic rings. The largest absolute Gasteiger partial charge is 0.361 e. The zero-order valence-electron chi connectivity index (χ0n) is 19.2. The molecule has 0 aliphatic carbocycles. The second kappa shape index (κ2) is 11.1. The van der Waals surface area contributed by atoms with Crippen LogP contribution in [0.5, 0.6) is 0 Å². The molecular weight excluding hydrogens is 472 g/mol. The topological polar surface area (TPSA) is 78.7 Å². The molecule has 4 rings (SSSR count). The van der Waals surface area contributed by atoms with Crippen LogP contribution in [-0.2, 0) is 10.5 Å². The average molecular weight is 499 g/mol. The van der Waals surface area contributed by atoms with Crippen molar-refractivity contribution < 1.29 is 14.1 Å². The van der Waals surface area contributed by atoms with E-state index >= 15 is 0 Å². The highest BCUT2D eigenvalue weighted by Gasteiger charge is 2.25. The number of nitrogens with one attached hydrogen (secondary N) is 1. The molecule has 9 heteroatoms. The van der Waals surface area contributed by atoms with Crippen LogP contribution >= 0.6 is 23.4 Å². The van der Waals surface area contributed by atoms with Crippen molar-refractivity contribution in [1.82, 2.24) is 15.0 Å². The van der Waals surface area contributed by atoms with Gasteiger partial charge in [-0.15, -0.1) is 11.8 Å². The zero-order valence-corrected chi connectivity index (χ0v) is 20.8. The second-order valence-corrected chi connectivity index (χ2v) is 9.61. The molecule has 178 valence electrons. The van der Waals surface area contributed by atoms with Crippen LogP contribution in [0.3, 0.4) is 0 Å². The number of piperazine rings is 1. The first-order valence-electron chi connectivity index (χ1n) is 11.1. The molecule has 1 aliphatic heterocycles. The maximum atomic E-state index is 13.3. The Bertz CT molecular complexity index is 1150. The number of halogens is 1. The molecular formula is C25H27ClN4O3S. The average Bonchev–Trinajstić information content (AvgIpc) is 3.16. The lowest BCUT2D eigenvalue weighted by Crippen LogP contribution is -2.50. The summed E-state index contributed by atoms with van der Waals surface area (Å²) in [4.78, 5) is 30.6. The van der Waals surface area contributed by atoms with Crippen molar-refractivity contribution in [2.45, 2.75) is 24.5 Å². The molecule has 34 heavy (non-hydrogen) atoms. The van der Waals surface area contributed by atoms with Crippen molar-refractivity contribution in [3.05, 3.63) is 76.1 Å². The molecule has 2 heterocycles. The number of carbonyl (C=O) groups is 2. The molecule has 2 amide bonds. The lowest BCUT2D eigenvalue weighted by Gasteiger charge is -2.34. The molecule has 7 nitrogen and oxygen atoms in total. The minimum atomic E-state index is -0.117. The predicted octanol–water partition coefficient (Wildman–Crippen LogP) is 4.63. The first-order valence-corrected chi connectivity index (χ1v) is 12.5. The number of anilines is 1. The smallest absolute Gasteiger partial charge is 0.255 e. The lowest BCUT2D eigenvalue weighted by atomic mass is 10.2. The Hall–Kier alpha value is -2.81. The zero-order chi connectivity index (χ0) is 24.1. The van der Waals surface area contributed by atoms with Gasteiger partial charge in [0.1, 0.15) is 5.76 Å². The van der Waals surface area contributed by atoms with Gasteiger partial charge in [-0.2, -0.15) is 0 Å². The molecule has 0 radical (unpaired) electrons. The summed E-state index contributed by atoms with van der Waals surface area (Å²) in [5.41, 5.74) is 3.25. The first kappa shape index (κ1) is 24.3. The maximum Gasteiger partial charge on any atom is 0.255 e. The van der Waals surface area contributed by atoms with E-state index in [0.29, 0.717) is 48.2 Å². The summed E-state index contributed by atoms with van der Waals surface area (Å²) in [5, 5.41) is 7.37. The van der Waals surface area contributed by atoms with Gasteiger partial charge in [0.05, 0.1) is 28.5 Å². The number of thioether (sulfide) groups is 1. The highest BCUT2D eigenvalue weighted by Crippen LogP contribution is 2.29.